The molecule has 0 unspecified atom stereocenters. The van der Waals surface area contributed by atoms with Gasteiger partial charge in [-0.15, -0.1) is 0 Å². The van der Waals surface area contributed by atoms with Crippen LogP contribution in [-0.2, 0) is 16.1 Å². The molecule has 1 saturated heterocycles. The highest BCUT2D eigenvalue weighted by atomic mass is 16.5. The maximum absolute atomic E-state index is 12.3. The zero-order valence-corrected chi connectivity index (χ0v) is 16.5. The zero-order valence-electron chi connectivity index (χ0n) is 16.5. The van der Waals surface area contributed by atoms with E-state index in [-0.39, 0.29) is 30.2 Å². The lowest BCUT2D eigenvalue weighted by atomic mass is 10.2. The van der Waals surface area contributed by atoms with Crippen LogP contribution >= 0.6 is 0 Å². The molecule has 0 aliphatic carbocycles. The van der Waals surface area contributed by atoms with Crippen LogP contribution in [0.15, 0.2) is 10.9 Å². The van der Waals surface area contributed by atoms with Gasteiger partial charge >= 0.3 is 0 Å². The molecule has 26 heavy (non-hydrogen) atoms. The number of hydrogen-bond donors (Lipinski definition) is 1. The summed E-state index contributed by atoms with van der Waals surface area (Å²) in [4.78, 5) is 37.1. The first kappa shape index (κ1) is 20.4. The number of aromatic nitrogens is 2. The summed E-state index contributed by atoms with van der Waals surface area (Å²) in [6.45, 7) is 6.16. The van der Waals surface area contributed by atoms with Crippen LogP contribution in [0, 0.1) is 0 Å². The summed E-state index contributed by atoms with van der Waals surface area (Å²) in [5, 5.41) is 0. The first-order valence-corrected chi connectivity index (χ1v) is 9.17. The van der Waals surface area contributed by atoms with Gasteiger partial charge in [0.1, 0.15) is 6.61 Å². The largest absolute Gasteiger partial charge is 0.369 e. The number of amides is 1. The van der Waals surface area contributed by atoms with Gasteiger partial charge in [0, 0.05) is 45.8 Å². The summed E-state index contributed by atoms with van der Waals surface area (Å²) < 4.78 is 5.55. The summed E-state index contributed by atoms with van der Waals surface area (Å²) in [5.74, 6) is 0.594. The van der Waals surface area contributed by atoms with Gasteiger partial charge in [-0.05, 0) is 26.8 Å². The summed E-state index contributed by atoms with van der Waals surface area (Å²) in [6, 6.07) is 1.79. The SMILES string of the molecule is CC[C@@H](C)OCC(=O)N1CC[C@H](N(C)Cc2cc(=O)[nH]c(N(C)C)n2)C1. The molecule has 8 heteroatoms. The number of likely N-dealkylation sites (N-methyl/N-ethyl adjacent to an activating group) is 1. The van der Waals surface area contributed by atoms with Gasteiger partial charge in [-0.25, -0.2) is 4.98 Å². The number of hydrogen-bond acceptors (Lipinski definition) is 6. The first-order valence-electron chi connectivity index (χ1n) is 9.17. The Bertz CT molecular complexity index is 660. The standard InChI is InChI=1S/C18H31N5O3/c1-6-13(2)26-12-17(25)23-8-7-15(11-23)22(5)10-14-9-16(24)20-18(19-14)21(3)4/h9,13,15H,6-8,10-12H2,1-5H3,(H,19,20,24)/t13-,15+/m1/s1. The van der Waals surface area contributed by atoms with Crippen molar-refractivity contribution in [1.29, 1.82) is 0 Å². The molecule has 1 fully saturated rings. The zero-order chi connectivity index (χ0) is 19.3. The summed E-state index contributed by atoms with van der Waals surface area (Å²) in [6.07, 6.45) is 1.92. The second kappa shape index (κ2) is 9.14. The molecule has 1 aliphatic rings. The van der Waals surface area contributed by atoms with Crippen LogP contribution in [0.1, 0.15) is 32.4 Å². The molecule has 1 aromatic heterocycles. The molecule has 2 rings (SSSR count). The van der Waals surface area contributed by atoms with Crippen LogP contribution in [-0.4, -0.2) is 78.7 Å². The average Bonchev–Trinajstić information content (AvgIpc) is 3.09. The molecule has 0 saturated carbocycles. The molecule has 2 heterocycles. The third kappa shape index (κ3) is 5.54. The number of likely N-dealkylation sites (tertiary alicyclic amines) is 1. The number of nitrogens with one attached hydrogen (secondary N) is 1. The quantitative estimate of drug-likeness (QED) is 0.730. The Kier molecular flexibility index (Phi) is 7.16. The van der Waals surface area contributed by atoms with Crippen LogP contribution in [0.5, 0.6) is 0 Å². The van der Waals surface area contributed by atoms with Crippen LogP contribution in [0.2, 0.25) is 0 Å². The minimum atomic E-state index is -0.155. The molecule has 1 amide bonds. The third-order valence-corrected chi connectivity index (χ3v) is 4.82. The fraction of sp³-hybridized carbons (Fsp3) is 0.722. The van der Waals surface area contributed by atoms with E-state index in [0.29, 0.717) is 19.0 Å². The van der Waals surface area contributed by atoms with E-state index in [1.807, 2.05) is 39.9 Å². The Balaban J connectivity index is 1.90. The van der Waals surface area contributed by atoms with Crippen molar-refractivity contribution in [1.82, 2.24) is 19.8 Å². The number of rotatable bonds is 8. The highest BCUT2D eigenvalue weighted by molar-refractivity contribution is 5.77. The maximum Gasteiger partial charge on any atom is 0.252 e. The van der Waals surface area contributed by atoms with Crippen molar-refractivity contribution in [2.75, 3.05) is 45.7 Å². The van der Waals surface area contributed by atoms with Gasteiger partial charge in [0.2, 0.25) is 11.9 Å². The summed E-state index contributed by atoms with van der Waals surface area (Å²) in [5.41, 5.74) is 0.572. The van der Waals surface area contributed by atoms with E-state index in [2.05, 4.69) is 14.9 Å². The minimum Gasteiger partial charge on any atom is -0.369 e. The Morgan fingerprint density at radius 3 is 2.85 bits per heavy atom. The van der Waals surface area contributed by atoms with Crippen molar-refractivity contribution in [3.05, 3.63) is 22.1 Å². The van der Waals surface area contributed by atoms with Crippen molar-refractivity contribution < 1.29 is 9.53 Å². The lowest BCUT2D eigenvalue weighted by Gasteiger charge is -2.25. The number of H-pyrrole nitrogens is 1. The minimum absolute atomic E-state index is 0.0466. The normalized spacial score (nSPS) is 18.4. The molecular weight excluding hydrogens is 334 g/mol. The summed E-state index contributed by atoms with van der Waals surface area (Å²) >= 11 is 0. The van der Waals surface area contributed by atoms with Gasteiger partial charge in [-0.3, -0.25) is 19.5 Å². The molecule has 0 bridgehead atoms. The second-order valence-electron chi connectivity index (χ2n) is 7.18. The Morgan fingerprint density at radius 1 is 1.46 bits per heavy atom. The molecule has 0 spiro atoms. The molecular formula is C18H31N5O3. The molecule has 8 nitrogen and oxygen atoms in total. The molecule has 146 valence electrons. The van der Waals surface area contributed by atoms with Crippen molar-refractivity contribution >= 4 is 11.9 Å². The van der Waals surface area contributed by atoms with E-state index in [1.54, 1.807) is 4.90 Å². The van der Waals surface area contributed by atoms with Crippen LogP contribution < -0.4 is 10.5 Å². The van der Waals surface area contributed by atoms with E-state index in [0.717, 1.165) is 25.1 Å². The first-order chi connectivity index (χ1) is 12.3. The van der Waals surface area contributed by atoms with Crippen molar-refractivity contribution in [3.63, 3.8) is 0 Å². The molecule has 0 radical (unpaired) electrons. The van der Waals surface area contributed by atoms with E-state index in [9.17, 15) is 9.59 Å². The number of carbonyl (C=O) groups is 1. The summed E-state index contributed by atoms with van der Waals surface area (Å²) in [7, 11) is 5.69. The van der Waals surface area contributed by atoms with Gasteiger partial charge in [0.15, 0.2) is 0 Å². The topological polar surface area (TPSA) is 81.8 Å². The lowest BCUT2D eigenvalue weighted by molar-refractivity contribution is -0.137. The van der Waals surface area contributed by atoms with Crippen molar-refractivity contribution in [2.45, 2.75) is 45.4 Å². The Morgan fingerprint density at radius 2 is 2.19 bits per heavy atom. The molecule has 0 aromatic carbocycles. The van der Waals surface area contributed by atoms with E-state index in [4.69, 9.17) is 4.74 Å². The monoisotopic (exact) mass is 365 g/mol. The van der Waals surface area contributed by atoms with E-state index in [1.165, 1.54) is 6.07 Å². The number of aromatic amines is 1. The third-order valence-electron chi connectivity index (χ3n) is 4.82. The van der Waals surface area contributed by atoms with Gasteiger partial charge in [-0.2, -0.15) is 0 Å². The lowest BCUT2D eigenvalue weighted by Crippen LogP contribution is -2.38. The van der Waals surface area contributed by atoms with E-state index >= 15 is 0 Å². The number of nitrogens with zero attached hydrogens (tertiary/aromatic N) is 4. The van der Waals surface area contributed by atoms with Crippen LogP contribution in [0.3, 0.4) is 0 Å². The molecule has 2 atom stereocenters. The highest BCUT2D eigenvalue weighted by Gasteiger charge is 2.29. The van der Waals surface area contributed by atoms with Gasteiger partial charge < -0.3 is 14.5 Å². The molecule has 1 N–H and O–H groups in total. The number of ether oxygens (including phenoxy) is 1. The predicted molar refractivity (Wildman–Crippen MR) is 101 cm³/mol. The fourth-order valence-corrected chi connectivity index (χ4v) is 2.92. The number of anilines is 1. The molecule has 1 aromatic rings. The van der Waals surface area contributed by atoms with Gasteiger partial charge in [0.25, 0.3) is 5.56 Å². The number of carbonyl (C=O) groups excluding carboxylic acids is 1. The van der Waals surface area contributed by atoms with Gasteiger partial charge in [0.05, 0.1) is 11.8 Å². The van der Waals surface area contributed by atoms with Crippen LogP contribution in [0.25, 0.3) is 0 Å². The Hall–Kier alpha value is -1.93. The highest BCUT2D eigenvalue weighted by Crippen LogP contribution is 2.17. The second-order valence-corrected chi connectivity index (χ2v) is 7.18. The smallest absolute Gasteiger partial charge is 0.252 e. The molecule has 1 aliphatic heterocycles. The van der Waals surface area contributed by atoms with E-state index < -0.39 is 0 Å². The van der Waals surface area contributed by atoms with Crippen LogP contribution in [0.4, 0.5) is 5.95 Å². The average molecular weight is 365 g/mol. The Labute approximate surface area is 155 Å². The van der Waals surface area contributed by atoms with Crippen molar-refractivity contribution in [3.8, 4) is 0 Å². The predicted octanol–water partition coefficient (Wildman–Crippen LogP) is 0.684. The maximum atomic E-state index is 12.3. The fourth-order valence-electron chi connectivity index (χ4n) is 2.92. The van der Waals surface area contributed by atoms with Gasteiger partial charge in [-0.1, -0.05) is 6.92 Å². The van der Waals surface area contributed by atoms with Crippen molar-refractivity contribution in [2.24, 2.45) is 0 Å².